The zero-order chi connectivity index (χ0) is 43.1. The summed E-state index contributed by atoms with van der Waals surface area (Å²) in [6.45, 7) is 0. The van der Waals surface area contributed by atoms with E-state index in [-0.39, 0.29) is 0 Å². The average molecular weight is 819 g/mol. The molecule has 61 heavy (non-hydrogen) atoms. The molecule has 3 saturated carbocycles. The molecule has 0 heterocycles. The molecular weight excluding hydrogens is 761 g/mol. The van der Waals surface area contributed by atoms with E-state index in [1.807, 2.05) is 60.7 Å². The summed E-state index contributed by atoms with van der Waals surface area (Å²) in [5.41, 5.74) is 18.4. The number of nitrogens with zero attached hydrogens (tertiary/aromatic N) is 1. The first-order chi connectivity index (χ1) is 29.8. The summed E-state index contributed by atoms with van der Waals surface area (Å²) in [6.07, 6.45) is 24.2. The summed E-state index contributed by atoms with van der Waals surface area (Å²) in [4.78, 5) is 11.8. The fraction of sp³-hybridized carbons (Fsp3) is 0.321. The van der Waals surface area contributed by atoms with Gasteiger partial charge in [-0.25, -0.2) is 0 Å². The molecule has 3 fully saturated rings. The number of methoxy groups -OCH3 is 5. The van der Waals surface area contributed by atoms with Gasteiger partial charge in [-0.3, -0.25) is 4.79 Å². The molecule has 1 amide bonds. The number of ether oxygens (including phenoxy) is 5. The fourth-order valence-electron chi connectivity index (χ4n) is 8.50. The van der Waals surface area contributed by atoms with Crippen LogP contribution in [-0.2, 0) is 4.79 Å². The predicted molar refractivity (Wildman–Crippen MR) is 247 cm³/mol. The molecule has 0 aromatic heterocycles. The van der Waals surface area contributed by atoms with Gasteiger partial charge >= 0.3 is 0 Å². The van der Waals surface area contributed by atoms with Gasteiger partial charge in [-0.1, -0.05) is 59.2 Å². The third-order valence-corrected chi connectivity index (χ3v) is 11.6. The minimum Gasteiger partial charge on any atom is -0.496 e. The summed E-state index contributed by atoms with van der Waals surface area (Å²) in [6, 6.07) is 26.1. The van der Waals surface area contributed by atoms with Crippen LogP contribution in [0, 0.1) is 11.3 Å². The van der Waals surface area contributed by atoms with Crippen LogP contribution in [0.25, 0.3) is 29.4 Å². The molecule has 316 valence electrons. The topological polar surface area (TPSA) is 113 Å². The number of nitriles is 1. The summed E-state index contributed by atoms with van der Waals surface area (Å²) in [5, 5.41) is 9.56. The third kappa shape index (κ3) is 11.4. The van der Waals surface area contributed by atoms with Crippen molar-refractivity contribution in [3.05, 3.63) is 141 Å². The lowest BCUT2D eigenvalue weighted by molar-refractivity contribution is -0.113. The number of hydrogen-bond acceptors (Lipinski definition) is 7. The normalized spacial score (nSPS) is 14.6. The van der Waals surface area contributed by atoms with Crippen molar-refractivity contribution in [2.24, 2.45) is 5.73 Å². The number of carbonyl (C=O) groups excluding carboxylic acids is 1. The van der Waals surface area contributed by atoms with Crippen molar-refractivity contribution in [1.29, 1.82) is 5.26 Å². The van der Waals surface area contributed by atoms with E-state index in [0.29, 0.717) is 17.1 Å². The molecule has 0 bridgehead atoms. The van der Waals surface area contributed by atoms with Crippen LogP contribution >= 0.6 is 0 Å². The molecule has 7 rings (SSSR count). The van der Waals surface area contributed by atoms with Gasteiger partial charge < -0.3 is 29.4 Å². The van der Waals surface area contributed by atoms with E-state index in [0.717, 1.165) is 100 Å². The Morgan fingerprint density at radius 1 is 0.492 bits per heavy atom. The molecule has 8 nitrogen and oxygen atoms in total. The lowest BCUT2D eigenvalue weighted by Gasteiger charge is -2.14. The Morgan fingerprint density at radius 2 is 0.820 bits per heavy atom. The van der Waals surface area contributed by atoms with Gasteiger partial charge in [-0.15, -0.1) is 0 Å². The number of rotatable bonds is 13. The van der Waals surface area contributed by atoms with Crippen molar-refractivity contribution in [2.45, 2.75) is 77.0 Å². The molecule has 0 atom stereocenters. The van der Waals surface area contributed by atoms with Gasteiger partial charge in [0.15, 0.2) is 11.5 Å². The Hall–Kier alpha value is -6.46. The highest BCUT2D eigenvalue weighted by atomic mass is 16.5. The molecule has 3 aliphatic rings. The number of primary amides is 1. The van der Waals surface area contributed by atoms with Gasteiger partial charge in [0.25, 0.3) is 0 Å². The largest absolute Gasteiger partial charge is 0.496 e. The number of benzene rings is 4. The van der Waals surface area contributed by atoms with Gasteiger partial charge in [0.05, 0.1) is 41.6 Å². The number of carbonyl (C=O) groups is 1. The summed E-state index contributed by atoms with van der Waals surface area (Å²) in [7, 11) is 8.26. The molecule has 0 spiro atoms. The minimum absolute atomic E-state index is 0.513. The molecular formula is C53H58N2O6. The highest BCUT2D eigenvalue weighted by molar-refractivity contribution is 5.99. The zero-order valence-electron chi connectivity index (χ0n) is 36.3. The van der Waals surface area contributed by atoms with Crippen LogP contribution in [0.3, 0.4) is 0 Å². The van der Waals surface area contributed by atoms with Gasteiger partial charge in [-0.05, 0) is 159 Å². The lowest BCUT2D eigenvalue weighted by Crippen LogP contribution is -2.08. The quantitative estimate of drug-likeness (QED) is 0.106. The first-order valence-corrected chi connectivity index (χ1v) is 21.2. The van der Waals surface area contributed by atoms with Crippen LogP contribution < -0.4 is 29.4 Å². The number of amides is 1. The number of nitrogens with two attached hydrogens (primary N) is 1. The van der Waals surface area contributed by atoms with Crippen molar-refractivity contribution in [1.82, 2.24) is 0 Å². The first kappa shape index (κ1) is 44.1. The van der Waals surface area contributed by atoms with E-state index >= 15 is 0 Å². The SMILES string of the molecule is COc1ccc(/C(=C\C(N)=O)c2ccc(OC)c(OC)c2)cc1C=C1CCCC1.COc1ccc(C(=CC#N)c2ccc(OC)c(C=C3CCCC3)c2)cc1C=C1CCCC1. The molecule has 0 saturated heterocycles. The van der Waals surface area contributed by atoms with Crippen LogP contribution in [0.5, 0.6) is 28.7 Å². The maximum atomic E-state index is 11.8. The second-order valence-corrected chi connectivity index (χ2v) is 15.6. The molecule has 0 unspecified atom stereocenters. The van der Waals surface area contributed by atoms with Gasteiger partial charge in [0.1, 0.15) is 17.2 Å². The monoisotopic (exact) mass is 818 g/mol. The highest BCUT2D eigenvalue weighted by Crippen LogP contribution is 2.38. The Morgan fingerprint density at radius 3 is 1.15 bits per heavy atom. The Kier molecular flexibility index (Phi) is 15.7. The highest BCUT2D eigenvalue weighted by Gasteiger charge is 2.17. The second kappa shape index (κ2) is 21.7. The molecule has 2 N–H and O–H groups in total. The maximum absolute atomic E-state index is 11.8. The smallest absolute Gasteiger partial charge is 0.242 e. The van der Waals surface area contributed by atoms with Crippen molar-refractivity contribution in [3.63, 3.8) is 0 Å². The molecule has 8 heteroatoms. The average Bonchev–Trinajstić information content (AvgIpc) is 4.11. The van der Waals surface area contributed by atoms with Crippen molar-refractivity contribution < 1.29 is 28.5 Å². The minimum atomic E-state index is -0.513. The van der Waals surface area contributed by atoms with Crippen LogP contribution in [0.4, 0.5) is 0 Å². The van der Waals surface area contributed by atoms with E-state index in [1.165, 1.54) is 61.3 Å². The van der Waals surface area contributed by atoms with Gasteiger partial charge in [0.2, 0.25) is 5.91 Å². The lowest BCUT2D eigenvalue weighted by atomic mass is 9.93. The zero-order valence-corrected chi connectivity index (χ0v) is 36.3. The molecule has 0 radical (unpaired) electrons. The Labute approximate surface area is 361 Å². The van der Waals surface area contributed by atoms with E-state index in [2.05, 4.69) is 36.4 Å². The summed E-state index contributed by atoms with van der Waals surface area (Å²) in [5.74, 6) is 3.23. The standard InChI is InChI=1S/C29H31NO2.C24H27NO4/c1-31-28-13-11-23(19-25(28)17-21-7-3-4-8-21)27(15-16-30)24-12-14-29(32-2)26(20-24)18-22-9-5-6-10-22;1-27-21-10-8-17(13-19(21)12-16-6-4-5-7-16)20(15-24(25)26)18-9-11-22(28-2)23(14-18)29-3/h11-15,17-20H,3-10H2,1-2H3;8-15H,4-7H2,1-3H3,(H2,25,26)/b;20-15+. The molecule has 4 aromatic carbocycles. The van der Waals surface area contributed by atoms with Crippen molar-refractivity contribution >= 4 is 35.3 Å². The fourth-order valence-corrected chi connectivity index (χ4v) is 8.50. The van der Waals surface area contributed by atoms with Crippen LogP contribution in [-0.4, -0.2) is 41.5 Å². The summed E-state index contributed by atoms with van der Waals surface area (Å²) < 4.78 is 27.5. The second-order valence-electron chi connectivity index (χ2n) is 15.6. The molecule has 4 aromatic rings. The van der Waals surface area contributed by atoms with Gasteiger partial charge in [-0.2, -0.15) is 5.26 Å². The number of hydrogen-bond donors (Lipinski definition) is 1. The number of allylic oxidation sites excluding steroid dienone is 4. The molecule has 0 aliphatic heterocycles. The summed E-state index contributed by atoms with van der Waals surface area (Å²) >= 11 is 0. The predicted octanol–water partition coefficient (Wildman–Crippen LogP) is 12.2. The Bertz CT molecular complexity index is 2310. The van der Waals surface area contributed by atoms with Crippen LogP contribution in [0.15, 0.2) is 102 Å². The van der Waals surface area contributed by atoms with E-state index in [1.54, 1.807) is 41.6 Å². The van der Waals surface area contributed by atoms with E-state index < -0.39 is 5.91 Å². The van der Waals surface area contributed by atoms with E-state index in [4.69, 9.17) is 29.4 Å². The van der Waals surface area contributed by atoms with Crippen LogP contribution in [0.2, 0.25) is 0 Å². The van der Waals surface area contributed by atoms with Crippen LogP contribution in [0.1, 0.15) is 116 Å². The third-order valence-electron chi connectivity index (χ3n) is 11.6. The van der Waals surface area contributed by atoms with Crippen molar-refractivity contribution in [3.8, 4) is 34.8 Å². The Balaban J connectivity index is 0.000000205. The maximum Gasteiger partial charge on any atom is 0.242 e. The first-order valence-electron chi connectivity index (χ1n) is 21.2. The van der Waals surface area contributed by atoms with E-state index in [9.17, 15) is 10.1 Å². The van der Waals surface area contributed by atoms with Gasteiger partial charge in [0, 0.05) is 28.8 Å². The van der Waals surface area contributed by atoms with Crippen molar-refractivity contribution in [2.75, 3.05) is 35.5 Å². The molecule has 3 aliphatic carbocycles.